The molecule has 0 spiro atoms. The molecule has 116 valence electrons. The van der Waals surface area contributed by atoms with Crippen LogP contribution in [0.15, 0.2) is 18.2 Å². The number of hydrogen-bond donors (Lipinski definition) is 1. The topological polar surface area (TPSA) is 80.5 Å². The Morgan fingerprint density at radius 2 is 2.24 bits per heavy atom. The van der Waals surface area contributed by atoms with Crippen LogP contribution in [0.5, 0.6) is 0 Å². The Kier molecular flexibility index (Phi) is 5.06. The van der Waals surface area contributed by atoms with Gasteiger partial charge in [-0.1, -0.05) is 18.5 Å². The first-order valence-electron chi connectivity index (χ1n) is 6.52. The van der Waals surface area contributed by atoms with Crippen molar-refractivity contribution in [1.82, 2.24) is 4.90 Å². The van der Waals surface area contributed by atoms with E-state index in [1.165, 1.54) is 22.7 Å². The monoisotopic (exact) mass is 348 g/mol. The van der Waals surface area contributed by atoms with Crippen LogP contribution in [0.4, 0.5) is 5.69 Å². The standard InChI is InChI=1S/C13H17ClN2O3S2/c1-2-21(18,19)12-8-20-6-5-16(12)13(17)10-7-9(14)3-4-11(10)15/h3-4,7,12H,2,5-6,8,15H2,1H3. The largest absolute Gasteiger partial charge is 0.398 e. The first-order valence-corrected chi connectivity index (χ1v) is 9.77. The van der Waals surface area contributed by atoms with E-state index >= 15 is 0 Å². The Bertz CT molecular complexity index is 649. The Balaban J connectivity index is 2.37. The fourth-order valence-corrected chi connectivity index (χ4v) is 5.31. The first-order chi connectivity index (χ1) is 9.86. The van der Waals surface area contributed by atoms with Gasteiger partial charge in [-0.15, -0.1) is 0 Å². The molecular formula is C13H17ClN2O3S2. The van der Waals surface area contributed by atoms with Crippen LogP contribution in [-0.2, 0) is 9.84 Å². The quantitative estimate of drug-likeness (QED) is 0.843. The third-order valence-corrected chi connectivity index (χ3v) is 6.93. The highest BCUT2D eigenvalue weighted by Crippen LogP contribution is 2.26. The van der Waals surface area contributed by atoms with E-state index in [1.54, 1.807) is 19.1 Å². The fraction of sp³-hybridized carbons (Fsp3) is 0.462. The molecule has 0 radical (unpaired) electrons. The molecule has 8 heteroatoms. The lowest BCUT2D eigenvalue weighted by atomic mass is 10.1. The molecule has 1 aliphatic heterocycles. The first kappa shape index (κ1) is 16.5. The van der Waals surface area contributed by atoms with Crippen molar-refractivity contribution in [2.24, 2.45) is 0 Å². The van der Waals surface area contributed by atoms with Gasteiger partial charge in [0, 0.05) is 34.5 Å². The van der Waals surface area contributed by atoms with Crippen LogP contribution < -0.4 is 5.73 Å². The van der Waals surface area contributed by atoms with Gasteiger partial charge >= 0.3 is 0 Å². The molecular weight excluding hydrogens is 332 g/mol. The second kappa shape index (κ2) is 6.46. The summed E-state index contributed by atoms with van der Waals surface area (Å²) in [4.78, 5) is 14.1. The molecule has 1 aromatic carbocycles. The molecule has 0 aromatic heterocycles. The number of benzene rings is 1. The van der Waals surface area contributed by atoms with E-state index in [4.69, 9.17) is 17.3 Å². The highest BCUT2D eigenvalue weighted by Gasteiger charge is 2.36. The van der Waals surface area contributed by atoms with Gasteiger partial charge in [-0.05, 0) is 18.2 Å². The zero-order valence-corrected chi connectivity index (χ0v) is 14.0. The lowest BCUT2D eigenvalue weighted by molar-refractivity contribution is 0.0750. The molecule has 21 heavy (non-hydrogen) atoms. The Hall–Kier alpha value is -0.920. The lowest BCUT2D eigenvalue weighted by Gasteiger charge is -2.35. The van der Waals surface area contributed by atoms with Gasteiger partial charge in [0.25, 0.3) is 5.91 Å². The van der Waals surface area contributed by atoms with Gasteiger partial charge in [0.1, 0.15) is 5.37 Å². The van der Waals surface area contributed by atoms with Crippen molar-refractivity contribution >= 4 is 44.8 Å². The average molecular weight is 349 g/mol. The van der Waals surface area contributed by atoms with Gasteiger partial charge < -0.3 is 10.6 Å². The molecule has 1 heterocycles. The van der Waals surface area contributed by atoms with E-state index in [9.17, 15) is 13.2 Å². The number of nitrogens with zero attached hydrogens (tertiary/aromatic N) is 1. The van der Waals surface area contributed by atoms with Gasteiger partial charge in [0.05, 0.1) is 5.56 Å². The number of carbonyl (C=O) groups excluding carboxylic acids is 1. The smallest absolute Gasteiger partial charge is 0.257 e. The number of sulfone groups is 1. The Morgan fingerprint density at radius 3 is 2.90 bits per heavy atom. The second-order valence-electron chi connectivity index (χ2n) is 4.71. The molecule has 2 rings (SSSR count). The minimum absolute atomic E-state index is 0.00698. The number of nitrogens with two attached hydrogens (primary N) is 1. The SMILES string of the molecule is CCS(=O)(=O)C1CSCCN1C(=O)c1cc(Cl)ccc1N. The third-order valence-electron chi connectivity index (χ3n) is 3.41. The van der Waals surface area contributed by atoms with E-state index in [2.05, 4.69) is 0 Å². The zero-order valence-electron chi connectivity index (χ0n) is 11.6. The molecule has 1 atom stereocenters. The van der Waals surface area contributed by atoms with Crippen molar-refractivity contribution in [3.63, 3.8) is 0 Å². The summed E-state index contributed by atoms with van der Waals surface area (Å²) in [5.41, 5.74) is 6.38. The summed E-state index contributed by atoms with van der Waals surface area (Å²) in [6, 6.07) is 4.63. The summed E-state index contributed by atoms with van der Waals surface area (Å²) in [5, 5.41) is -0.402. The number of halogens is 1. The van der Waals surface area contributed by atoms with E-state index in [0.29, 0.717) is 28.8 Å². The number of thioether (sulfide) groups is 1. The number of hydrogen-bond acceptors (Lipinski definition) is 5. The molecule has 1 fully saturated rings. The maximum Gasteiger partial charge on any atom is 0.257 e. The number of anilines is 1. The fourth-order valence-electron chi connectivity index (χ4n) is 2.17. The number of amides is 1. The van der Waals surface area contributed by atoms with Gasteiger partial charge in [-0.3, -0.25) is 4.79 Å². The maximum atomic E-state index is 12.7. The van der Waals surface area contributed by atoms with Crippen molar-refractivity contribution in [2.45, 2.75) is 12.3 Å². The summed E-state index contributed by atoms with van der Waals surface area (Å²) in [7, 11) is -3.34. The van der Waals surface area contributed by atoms with Crippen LogP contribution in [-0.4, -0.2) is 48.4 Å². The van der Waals surface area contributed by atoms with Crippen LogP contribution in [0.3, 0.4) is 0 Å². The summed E-state index contributed by atoms with van der Waals surface area (Å²) >= 11 is 7.44. The normalized spacial score (nSPS) is 19.5. The molecule has 1 aliphatic rings. The zero-order chi connectivity index (χ0) is 15.6. The maximum absolute atomic E-state index is 12.7. The molecule has 0 aliphatic carbocycles. The van der Waals surface area contributed by atoms with Crippen molar-refractivity contribution < 1.29 is 13.2 Å². The van der Waals surface area contributed by atoms with Crippen LogP contribution in [0.25, 0.3) is 0 Å². The molecule has 1 saturated heterocycles. The van der Waals surface area contributed by atoms with E-state index in [0.717, 1.165) is 0 Å². The van der Waals surface area contributed by atoms with E-state index in [1.807, 2.05) is 0 Å². The minimum atomic E-state index is -3.34. The highest BCUT2D eigenvalue weighted by molar-refractivity contribution is 8.01. The van der Waals surface area contributed by atoms with Gasteiger partial charge in [-0.2, -0.15) is 11.8 Å². The molecule has 5 nitrogen and oxygen atoms in total. The predicted molar refractivity (Wildman–Crippen MR) is 87.5 cm³/mol. The molecule has 1 unspecified atom stereocenters. The number of carbonyl (C=O) groups is 1. The van der Waals surface area contributed by atoms with Crippen LogP contribution in [0.1, 0.15) is 17.3 Å². The predicted octanol–water partition coefficient (Wildman–Crippen LogP) is 1.87. The molecule has 2 N–H and O–H groups in total. The molecule has 0 bridgehead atoms. The highest BCUT2D eigenvalue weighted by atomic mass is 35.5. The van der Waals surface area contributed by atoms with E-state index in [-0.39, 0.29) is 17.2 Å². The minimum Gasteiger partial charge on any atom is -0.398 e. The summed E-state index contributed by atoms with van der Waals surface area (Å²) in [6.07, 6.45) is 0. The Labute approximate surface area is 133 Å². The van der Waals surface area contributed by atoms with Gasteiger partial charge in [0.2, 0.25) is 0 Å². The van der Waals surface area contributed by atoms with Crippen molar-refractivity contribution in [2.75, 3.05) is 29.5 Å². The van der Waals surface area contributed by atoms with Gasteiger partial charge in [0.15, 0.2) is 9.84 Å². The van der Waals surface area contributed by atoms with Crippen LogP contribution in [0, 0.1) is 0 Å². The van der Waals surface area contributed by atoms with Gasteiger partial charge in [-0.25, -0.2) is 8.42 Å². The lowest BCUT2D eigenvalue weighted by Crippen LogP contribution is -2.50. The number of nitrogen functional groups attached to an aromatic ring is 1. The molecule has 1 amide bonds. The Morgan fingerprint density at radius 1 is 1.52 bits per heavy atom. The second-order valence-corrected chi connectivity index (χ2v) is 8.74. The van der Waals surface area contributed by atoms with E-state index < -0.39 is 15.2 Å². The van der Waals surface area contributed by atoms with Crippen molar-refractivity contribution in [3.8, 4) is 0 Å². The summed E-state index contributed by atoms with van der Waals surface area (Å²) in [6.45, 7) is 1.98. The van der Waals surface area contributed by atoms with Crippen molar-refractivity contribution in [3.05, 3.63) is 28.8 Å². The number of rotatable bonds is 3. The van der Waals surface area contributed by atoms with Crippen LogP contribution >= 0.6 is 23.4 Å². The summed E-state index contributed by atoms with van der Waals surface area (Å²) in [5.74, 6) is 0.731. The van der Waals surface area contributed by atoms with Crippen LogP contribution in [0.2, 0.25) is 5.02 Å². The molecule has 0 saturated carbocycles. The average Bonchev–Trinajstić information content (AvgIpc) is 2.49. The van der Waals surface area contributed by atoms with Crippen molar-refractivity contribution in [1.29, 1.82) is 0 Å². The summed E-state index contributed by atoms with van der Waals surface area (Å²) < 4.78 is 24.4. The third kappa shape index (κ3) is 3.46. The molecule has 1 aromatic rings.